The van der Waals surface area contributed by atoms with Crippen molar-refractivity contribution >= 4 is 0 Å². The van der Waals surface area contributed by atoms with Gasteiger partial charge in [-0.25, -0.2) is 8.78 Å². The van der Waals surface area contributed by atoms with Crippen molar-refractivity contribution in [2.24, 2.45) is 5.73 Å². The first-order valence-corrected chi connectivity index (χ1v) is 5.39. The van der Waals surface area contributed by atoms with E-state index in [1.807, 2.05) is 13.1 Å². The molecule has 4 heteroatoms. The van der Waals surface area contributed by atoms with Crippen LogP contribution in [0.1, 0.15) is 24.0 Å². The smallest absolute Gasteiger partial charge is 0.263 e. The van der Waals surface area contributed by atoms with Crippen LogP contribution in [0.2, 0.25) is 0 Å². The lowest BCUT2D eigenvalue weighted by Crippen LogP contribution is -2.21. The van der Waals surface area contributed by atoms with Crippen molar-refractivity contribution in [3.05, 3.63) is 35.4 Å². The molecule has 0 saturated heterocycles. The van der Waals surface area contributed by atoms with Crippen LogP contribution in [-0.4, -0.2) is 25.0 Å². The number of benzene rings is 1. The number of nitrogens with zero attached hydrogens (tertiary/aromatic N) is 1. The van der Waals surface area contributed by atoms with Gasteiger partial charge in [0.15, 0.2) is 0 Å². The molecule has 0 atom stereocenters. The Labute approximate surface area is 95.1 Å². The van der Waals surface area contributed by atoms with Gasteiger partial charge in [0.1, 0.15) is 0 Å². The zero-order chi connectivity index (χ0) is 12.0. The molecule has 1 aromatic carbocycles. The van der Waals surface area contributed by atoms with Crippen molar-refractivity contribution in [3.63, 3.8) is 0 Å². The Morgan fingerprint density at radius 3 is 2.75 bits per heavy atom. The number of rotatable bonds is 6. The number of nitrogens with two attached hydrogens (primary N) is 1. The standard InChI is InChI=1S/C12H18F2N2/c1-16(7-3-6-15)9-10-4-2-5-11(8-10)12(13)14/h2,4-5,8,12H,3,6-7,9,15H2,1H3. The molecule has 0 radical (unpaired) electrons. The van der Waals surface area contributed by atoms with Crippen molar-refractivity contribution in [1.29, 1.82) is 0 Å². The molecule has 0 fully saturated rings. The minimum atomic E-state index is -2.39. The Morgan fingerprint density at radius 1 is 1.38 bits per heavy atom. The number of hydrogen-bond donors (Lipinski definition) is 1. The largest absolute Gasteiger partial charge is 0.330 e. The summed E-state index contributed by atoms with van der Waals surface area (Å²) in [5.41, 5.74) is 6.41. The number of alkyl halides is 2. The Morgan fingerprint density at radius 2 is 2.12 bits per heavy atom. The van der Waals surface area contributed by atoms with Crippen LogP contribution in [0.3, 0.4) is 0 Å². The third-order valence-electron chi connectivity index (χ3n) is 2.40. The molecule has 2 nitrogen and oxygen atoms in total. The predicted molar refractivity (Wildman–Crippen MR) is 61.4 cm³/mol. The predicted octanol–water partition coefficient (Wildman–Crippen LogP) is 2.40. The maximum Gasteiger partial charge on any atom is 0.263 e. The van der Waals surface area contributed by atoms with E-state index >= 15 is 0 Å². The zero-order valence-corrected chi connectivity index (χ0v) is 9.50. The Kier molecular flexibility index (Phi) is 5.35. The summed E-state index contributed by atoms with van der Waals surface area (Å²) < 4.78 is 24.9. The molecule has 1 aromatic rings. The van der Waals surface area contributed by atoms with Gasteiger partial charge in [0, 0.05) is 12.1 Å². The molecule has 0 spiro atoms. The van der Waals surface area contributed by atoms with Crippen molar-refractivity contribution < 1.29 is 8.78 Å². The SMILES string of the molecule is CN(CCCN)Cc1cccc(C(F)F)c1. The Balaban J connectivity index is 2.56. The van der Waals surface area contributed by atoms with Gasteiger partial charge < -0.3 is 10.6 Å². The van der Waals surface area contributed by atoms with Gasteiger partial charge in [-0.3, -0.25) is 0 Å². The van der Waals surface area contributed by atoms with Crippen LogP contribution >= 0.6 is 0 Å². The Hall–Kier alpha value is -1.00. The summed E-state index contributed by atoms with van der Waals surface area (Å²) in [4.78, 5) is 2.08. The normalized spacial score (nSPS) is 11.4. The lowest BCUT2D eigenvalue weighted by atomic mass is 10.1. The van der Waals surface area contributed by atoms with Gasteiger partial charge >= 0.3 is 0 Å². The highest BCUT2D eigenvalue weighted by molar-refractivity contribution is 5.24. The van der Waals surface area contributed by atoms with E-state index in [1.165, 1.54) is 6.07 Å². The average molecular weight is 228 g/mol. The average Bonchev–Trinajstić information content (AvgIpc) is 2.26. The molecule has 0 bridgehead atoms. The quantitative estimate of drug-likeness (QED) is 0.810. The number of halogens is 2. The van der Waals surface area contributed by atoms with Crippen LogP contribution in [0.15, 0.2) is 24.3 Å². The van der Waals surface area contributed by atoms with E-state index in [0.717, 1.165) is 18.5 Å². The highest BCUT2D eigenvalue weighted by Gasteiger charge is 2.07. The van der Waals surface area contributed by atoms with E-state index in [0.29, 0.717) is 13.1 Å². The molecule has 0 aliphatic heterocycles. The second-order valence-corrected chi connectivity index (χ2v) is 3.93. The fourth-order valence-electron chi connectivity index (χ4n) is 1.58. The minimum Gasteiger partial charge on any atom is -0.330 e. The van der Waals surface area contributed by atoms with E-state index < -0.39 is 6.43 Å². The first kappa shape index (κ1) is 13.1. The van der Waals surface area contributed by atoms with Crippen molar-refractivity contribution in [3.8, 4) is 0 Å². The molecule has 0 amide bonds. The first-order valence-electron chi connectivity index (χ1n) is 5.39. The molecule has 0 unspecified atom stereocenters. The summed E-state index contributed by atoms with van der Waals surface area (Å²) in [6.45, 7) is 2.22. The van der Waals surface area contributed by atoms with E-state index in [4.69, 9.17) is 5.73 Å². The molecular formula is C12H18F2N2. The van der Waals surface area contributed by atoms with Gasteiger partial charge in [0.05, 0.1) is 0 Å². The monoisotopic (exact) mass is 228 g/mol. The van der Waals surface area contributed by atoms with Gasteiger partial charge in [0.2, 0.25) is 0 Å². The summed E-state index contributed by atoms with van der Waals surface area (Å²) in [5.74, 6) is 0. The van der Waals surface area contributed by atoms with Crippen LogP contribution < -0.4 is 5.73 Å². The van der Waals surface area contributed by atoms with Gasteiger partial charge in [-0.1, -0.05) is 18.2 Å². The lowest BCUT2D eigenvalue weighted by Gasteiger charge is -2.16. The van der Waals surface area contributed by atoms with Crippen molar-refractivity contribution in [2.45, 2.75) is 19.4 Å². The van der Waals surface area contributed by atoms with E-state index in [-0.39, 0.29) is 5.56 Å². The topological polar surface area (TPSA) is 29.3 Å². The summed E-state index contributed by atoms with van der Waals surface area (Å²) in [6.07, 6.45) is -1.47. The van der Waals surface area contributed by atoms with Gasteiger partial charge in [-0.2, -0.15) is 0 Å². The maximum atomic E-state index is 12.5. The summed E-state index contributed by atoms with van der Waals surface area (Å²) >= 11 is 0. The molecule has 0 aliphatic carbocycles. The van der Waals surface area contributed by atoms with Gasteiger partial charge in [0.25, 0.3) is 6.43 Å². The van der Waals surface area contributed by atoms with Crippen molar-refractivity contribution in [2.75, 3.05) is 20.1 Å². The molecule has 90 valence electrons. The maximum absolute atomic E-state index is 12.5. The van der Waals surface area contributed by atoms with Gasteiger partial charge in [-0.15, -0.1) is 0 Å². The molecule has 16 heavy (non-hydrogen) atoms. The summed E-state index contributed by atoms with van der Waals surface area (Å²) in [6, 6.07) is 6.55. The van der Waals surface area contributed by atoms with Crippen LogP contribution in [0.5, 0.6) is 0 Å². The second-order valence-electron chi connectivity index (χ2n) is 3.93. The molecule has 0 heterocycles. The molecule has 0 saturated carbocycles. The molecule has 2 N–H and O–H groups in total. The Bertz CT molecular complexity index is 316. The lowest BCUT2D eigenvalue weighted by molar-refractivity contribution is 0.151. The molecular weight excluding hydrogens is 210 g/mol. The van der Waals surface area contributed by atoms with E-state index in [9.17, 15) is 8.78 Å². The molecule has 0 aromatic heterocycles. The third kappa shape index (κ3) is 4.24. The molecule has 0 aliphatic rings. The highest BCUT2D eigenvalue weighted by atomic mass is 19.3. The van der Waals surface area contributed by atoms with Crippen LogP contribution in [0.4, 0.5) is 8.78 Å². The highest BCUT2D eigenvalue weighted by Crippen LogP contribution is 2.19. The van der Waals surface area contributed by atoms with E-state index in [2.05, 4.69) is 4.90 Å². The fourth-order valence-corrected chi connectivity index (χ4v) is 1.58. The second kappa shape index (κ2) is 6.55. The summed E-state index contributed by atoms with van der Waals surface area (Å²) in [7, 11) is 1.96. The summed E-state index contributed by atoms with van der Waals surface area (Å²) in [5, 5.41) is 0. The first-order chi connectivity index (χ1) is 7.63. The third-order valence-corrected chi connectivity index (χ3v) is 2.40. The fraction of sp³-hybridized carbons (Fsp3) is 0.500. The van der Waals surface area contributed by atoms with E-state index in [1.54, 1.807) is 12.1 Å². The van der Waals surface area contributed by atoms with Gasteiger partial charge in [-0.05, 0) is 38.2 Å². The van der Waals surface area contributed by atoms with Crippen molar-refractivity contribution in [1.82, 2.24) is 4.90 Å². The molecule has 1 rings (SSSR count). The number of hydrogen-bond acceptors (Lipinski definition) is 2. The van der Waals surface area contributed by atoms with Crippen LogP contribution in [0, 0.1) is 0 Å². The minimum absolute atomic E-state index is 0.0877. The van der Waals surface area contributed by atoms with Crippen LogP contribution in [0.25, 0.3) is 0 Å². The zero-order valence-electron chi connectivity index (χ0n) is 9.50. The van der Waals surface area contributed by atoms with Crippen LogP contribution in [-0.2, 0) is 6.54 Å².